The zero-order chi connectivity index (χ0) is 23.4. The number of methoxy groups -OCH3 is 1. The molecule has 0 aliphatic carbocycles. The van der Waals surface area contributed by atoms with E-state index in [1.165, 1.54) is 7.11 Å². The molecule has 0 aromatic heterocycles. The van der Waals surface area contributed by atoms with Crippen molar-refractivity contribution in [1.82, 2.24) is 5.32 Å². The zero-order valence-corrected chi connectivity index (χ0v) is 18.3. The molecule has 33 heavy (non-hydrogen) atoms. The van der Waals surface area contributed by atoms with Crippen molar-refractivity contribution in [3.05, 3.63) is 94.1 Å². The first-order valence-electron chi connectivity index (χ1n) is 9.91. The first-order chi connectivity index (χ1) is 16.0. The lowest BCUT2D eigenvalue weighted by Crippen LogP contribution is -2.30. The van der Waals surface area contributed by atoms with Crippen molar-refractivity contribution >= 4 is 35.3 Å². The summed E-state index contributed by atoms with van der Waals surface area (Å²) in [7, 11) is 1.51. The van der Waals surface area contributed by atoms with Crippen LogP contribution in [0.15, 0.2) is 72.4 Å². The topological polar surface area (TPSA) is 91.7 Å². The first-order valence-corrected chi connectivity index (χ1v) is 10.3. The molecule has 1 saturated heterocycles. The number of nitriles is 1. The molecular weight excluding hydrogens is 442 g/mol. The van der Waals surface area contributed by atoms with Gasteiger partial charge in [0.25, 0.3) is 5.91 Å². The van der Waals surface area contributed by atoms with Gasteiger partial charge in [0.05, 0.1) is 24.4 Å². The van der Waals surface area contributed by atoms with Gasteiger partial charge in [-0.2, -0.15) is 5.26 Å². The molecule has 1 aliphatic heterocycles. The number of amides is 3. The molecule has 7 nitrogen and oxygen atoms in total. The van der Waals surface area contributed by atoms with Crippen LogP contribution < -0.4 is 19.7 Å². The third kappa shape index (κ3) is 4.66. The Morgan fingerprint density at radius 1 is 1.06 bits per heavy atom. The third-order valence-corrected chi connectivity index (χ3v) is 5.20. The number of anilines is 1. The summed E-state index contributed by atoms with van der Waals surface area (Å²) in [4.78, 5) is 26.2. The van der Waals surface area contributed by atoms with Gasteiger partial charge in [0.1, 0.15) is 12.3 Å². The maximum atomic E-state index is 12.8. The van der Waals surface area contributed by atoms with E-state index in [0.717, 1.165) is 10.5 Å². The summed E-state index contributed by atoms with van der Waals surface area (Å²) in [6, 6.07) is 20.4. The predicted molar refractivity (Wildman–Crippen MR) is 124 cm³/mol. The third-order valence-electron chi connectivity index (χ3n) is 4.96. The molecule has 164 valence electrons. The maximum absolute atomic E-state index is 12.8. The zero-order valence-electron chi connectivity index (χ0n) is 17.5. The number of hydrogen-bond donors (Lipinski definition) is 1. The number of urea groups is 1. The van der Waals surface area contributed by atoms with Gasteiger partial charge in [-0.25, -0.2) is 9.69 Å². The summed E-state index contributed by atoms with van der Waals surface area (Å²) in [5, 5.41) is 12.2. The molecule has 8 heteroatoms. The molecule has 1 N–H and O–H groups in total. The molecule has 0 atom stereocenters. The Balaban J connectivity index is 1.55. The summed E-state index contributed by atoms with van der Waals surface area (Å²) < 4.78 is 11.3. The summed E-state index contributed by atoms with van der Waals surface area (Å²) in [6.45, 7) is 0.198. The molecule has 0 radical (unpaired) electrons. The van der Waals surface area contributed by atoms with Crippen molar-refractivity contribution in [3.8, 4) is 17.6 Å². The second-order valence-electron chi connectivity index (χ2n) is 7.08. The number of imide groups is 1. The van der Waals surface area contributed by atoms with Crippen molar-refractivity contribution in [2.45, 2.75) is 6.61 Å². The van der Waals surface area contributed by atoms with Crippen LogP contribution in [-0.4, -0.2) is 19.0 Å². The number of nitrogens with one attached hydrogen (secondary N) is 1. The number of ether oxygens (including phenoxy) is 2. The Morgan fingerprint density at radius 3 is 2.64 bits per heavy atom. The summed E-state index contributed by atoms with van der Waals surface area (Å²) in [6.07, 6.45) is 1.56. The number of carbonyl (C=O) groups excluding carboxylic acids is 2. The van der Waals surface area contributed by atoms with Crippen LogP contribution in [0.2, 0.25) is 5.02 Å². The lowest BCUT2D eigenvalue weighted by Gasteiger charge is -2.12. The Hall–Kier alpha value is -4.28. The molecule has 0 unspecified atom stereocenters. The Kier molecular flexibility index (Phi) is 6.29. The van der Waals surface area contributed by atoms with Crippen LogP contribution in [0.1, 0.15) is 16.7 Å². The number of halogens is 1. The average molecular weight is 460 g/mol. The van der Waals surface area contributed by atoms with E-state index in [-0.39, 0.29) is 12.3 Å². The standard InChI is InChI=1S/C25H18ClN3O4/c1-32-23-12-16(9-10-22(23)33-15-18-6-3-2-5-17(18)14-27)11-21-24(30)29(25(31)28-21)20-8-4-7-19(26)13-20/h2-13H,15H2,1H3,(H,28,31)/b21-11+. The molecule has 0 spiro atoms. The fraction of sp³-hybridized carbons (Fsp3) is 0.0800. The minimum absolute atomic E-state index is 0.124. The summed E-state index contributed by atoms with van der Waals surface area (Å²) in [5.74, 6) is 0.437. The van der Waals surface area contributed by atoms with Crippen LogP contribution in [0, 0.1) is 11.3 Å². The highest BCUT2D eigenvalue weighted by atomic mass is 35.5. The van der Waals surface area contributed by atoms with E-state index in [9.17, 15) is 14.9 Å². The number of hydrogen-bond acceptors (Lipinski definition) is 5. The Labute approximate surface area is 195 Å². The van der Waals surface area contributed by atoms with E-state index >= 15 is 0 Å². The van der Waals surface area contributed by atoms with E-state index in [1.54, 1.807) is 60.7 Å². The van der Waals surface area contributed by atoms with Gasteiger partial charge in [-0.1, -0.05) is 41.9 Å². The van der Waals surface area contributed by atoms with Crippen molar-refractivity contribution in [2.75, 3.05) is 12.0 Å². The molecule has 1 fully saturated rings. The molecule has 3 aromatic carbocycles. The molecule has 1 heterocycles. The highest BCUT2D eigenvalue weighted by molar-refractivity contribution is 6.32. The lowest BCUT2D eigenvalue weighted by molar-refractivity contribution is -0.113. The average Bonchev–Trinajstić information content (AvgIpc) is 3.10. The first kappa shape index (κ1) is 21.9. The fourth-order valence-corrected chi connectivity index (χ4v) is 3.54. The highest BCUT2D eigenvalue weighted by Crippen LogP contribution is 2.31. The highest BCUT2D eigenvalue weighted by Gasteiger charge is 2.35. The van der Waals surface area contributed by atoms with Gasteiger partial charge in [-0.15, -0.1) is 0 Å². The largest absolute Gasteiger partial charge is 0.493 e. The van der Waals surface area contributed by atoms with Gasteiger partial charge in [0, 0.05) is 10.6 Å². The quantitative estimate of drug-likeness (QED) is 0.418. The van der Waals surface area contributed by atoms with E-state index in [1.807, 2.05) is 12.1 Å². The number of carbonyl (C=O) groups is 2. The SMILES string of the molecule is COc1cc(/C=C2/NC(=O)N(c3cccc(Cl)c3)C2=O)ccc1OCc1ccccc1C#N. The van der Waals surface area contributed by atoms with Crippen molar-refractivity contribution in [1.29, 1.82) is 5.26 Å². The summed E-state index contributed by atoms with van der Waals surface area (Å²) in [5.41, 5.74) is 2.44. The molecule has 3 amide bonds. The Bertz CT molecular complexity index is 1310. The minimum Gasteiger partial charge on any atom is -0.493 e. The molecular formula is C25H18ClN3O4. The van der Waals surface area contributed by atoms with Gasteiger partial charge in [-0.05, 0) is 48.0 Å². The minimum atomic E-state index is -0.559. The second kappa shape index (κ2) is 9.47. The van der Waals surface area contributed by atoms with Gasteiger partial charge >= 0.3 is 6.03 Å². The number of benzene rings is 3. The van der Waals surface area contributed by atoms with E-state index in [0.29, 0.717) is 33.3 Å². The van der Waals surface area contributed by atoms with Gasteiger partial charge in [0.2, 0.25) is 0 Å². The van der Waals surface area contributed by atoms with Crippen LogP contribution in [0.25, 0.3) is 6.08 Å². The van der Waals surface area contributed by atoms with Crippen LogP contribution in [-0.2, 0) is 11.4 Å². The van der Waals surface area contributed by atoms with Crippen molar-refractivity contribution < 1.29 is 19.1 Å². The number of rotatable bonds is 6. The molecule has 0 bridgehead atoms. The molecule has 0 saturated carbocycles. The Morgan fingerprint density at radius 2 is 1.88 bits per heavy atom. The monoisotopic (exact) mass is 459 g/mol. The second-order valence-corrected chi connectivity index (χ2v) is 7.51. The fourth-order valence-electron chi connectivity index (χ4n) is 3.36. The maximum Gasteiger partial charge on any atom is 0.333 e. The van der Waals surface area contributed by atoms with Crippen molar-refractivity contribution in [2.24, 2.45) is 0 Å². The van der Waals surface area contributed by atoms with Crippen LogP contribution in [0.3, 0.4) is 0 Å². The van der Waals surface area contributed by atoms with Crippen molar-refractivity contribution in [3.63, 3.8) is 0 Å². The van der Waals surface area contributed by atoms with Crippen LogP contribution >= 0.6 is 11.6 Å². The molecule has 1 aliphatic rings. The molecule has 3 aromatic rings. The van der Waals surface area contributed by atoms with E-state index < -0.39 is 11.9 Å². The predicted octanol–water partition coefficient (Wildman–Crippen LogP) is 4.90. The van der Waals surface area contributed by atoms with Gasteiger partial charge < -0.3 is 14.8 Å². The smallest absolute Gasteiger partial charge is 0.333 e. The summed E-state index contributed by atoms with van der Waals surface area (Å²) >= 11 is 5.99. The van der Waals surface area contributed by atoms with Gasteiger partial charge in [-0.3, -0.25) is 4.79 Å². The number of nitrogens with zero attached hydrogens (tertiary/aromatic N) is 2. The van der Waals surface area contributed by atoms with Crippen LogP contribution in [0.4, 0.5) is 10.5 Å². The van der Waals surface area contributed by atoms with Gasteiger partial charge in [0.15, 0.2) is 11.5 Å². The van der Waals surface area contributed by atoms with Crippen LogP contribution in [0.5, 0.6) is 11.5 Å². The molecule has 4 rings (SSSR count). The normalized spacial score (nSPS) is 14.2. The van der Waals surface area contributed by atoms with E-state index in [2.05, 4.69) is 11.4 Å². The lowest BCUT2D eigenvalue weighted by atomic mass is 10.1. The van der Waals surface area contributed by atoms with E-state index in [4.69, 9.17) is 21.1 Å².